The molecule has 1 amide bonds. The molecule has 174 valence electrons. The summed E-state index contributed by atoms with van der Waals surface area (Å²) < 4.78 is 2.12. The van der Waals surface area contributed by atoms with Crippen LogP contribution in [0.25, 0.3) is 5.65 Å². The van der Waals surface area contributed by atoms with Gasteiger partial charge in [0.25, 0.3) is 5.91 Å². The van der Waals surface area contributed by atoms with Gasteiger partial charge in [0, 0.05) is 70.6 Å². The third kappa shape index (κ3) is 4.43. The Morgan fingerprint density at radius 2 is 1.81 bits per heavy atom. The van der Waals surface area contributed by atoms with Crippen LogP contribution in [-0.2, 0) is 6.54 Å². The number of hydrogen-bond donors (Lipinski definition) is 0. The minimum absolute atomic E-state index is 0.106. The quantitative estimate of drug-likeness (QED) is 0.734. The maximum Gasteiger partial charge on any atom is 0.274 e. The van der Waals surface area contributed by atoms with Crippen LogP contribution < -0.4 is 0 Å². The van der Waals surface area contributed by atoms with Gasteiger partial charge in [-0.05, 0) is 38.9 Å². The number of pyridine rings is 1. The van der Waals surface area contributed by atoms with Gasteiger partial charge in [0.05, 0.1) is 5.69 Å². The molecule has 1 saturated carbocycles. The van der Waals surface area contributed by atoms with Crippen LogP contribution in [0.5, 0.6) is 0 Å². The summed E-state index contributed by atoms with van der Waals surface area (Å²) in [5, 5.41) is 0. The van der Waals surface area contributed by atoms with Crippen molar-refractivity contribution in [3.63, 3.8) is 0 Å². The van der Waals surface area contributed by atoms with E-state index in [1.165, 1.54) is 32.1 Å². The topological polar surface area (TPSA) is 47.3 Å². The fraction of sp³-hybridized carbons (Fsp3) is 0.680. The normalized spacial score (nSPS) is 24.9. The number of fused-ring (bicyclic) bond motifs is 1. The number of carbonyl (C=O) groups is 1. The number of piperazine rings is 2. The molecule has 3 fully saturated rings. The van der Waals surface area contributed by atoms with Gasteiger partial charge >= 0.3 is 0 Å². The number of rotatable bonds is 4. The van der Waals surface area contributed by atoms with E-state index >= 15 is 0 Å². The highest BCUT2D eigenvalue weighted by molar-refractivity contribution is 5.94. The summed E-state index contributed by atoms with van der Waals surface area (Å²) in [4.78, 5) is 28.0. The Morgan fingerprint density at radius 1 is 1.03 bits per heavy atom. The van der Waals surface area contributed by atoms with Crippen LogP contribution in [0.4, 0.5) is 0 Å². The molecule has 2 aliphatic heterocycles. The second kappa shape index (κ2) is 9.49. The molecule has 0 bridgehead atoms. The van der Waals surface area contributed by atoms with Gasteiger partial charge in [0.1, 0.15) is 5.65 Å². The van der Waals surface area contributed by atoms with Crippen LogP contribution in [0.3, 0.4) is 0 Å². The molecule has 7 nitrogen and oxygen atoms in total. The van der Waals surface area contributed by atoms with E-state index in [-0.39, 0.29) is 5.91 Å². The van der Waals surface area contributed by atoms with Gasteiger partial charge in [-0.1, -0.05) is 25.3 Å². The van der Waals surface area contributed by atoms with Gasteiger partial charge < -0.3 is 14.2 Å². The molecule has 0 N–H and O–H groups in total. The first kappa shape index (κ1) is 21.9. The Kier molecular flexibility index (Phi) is 6.49. The highest BCUT2D eigenvalue weighted by atomic mass is 16.2. The smallest absolute Gasteiger partial charge is 0.274 e. The van der Waals surface area contributed by atoms with E-state index in [4.69, 9.17) is 4.98 Å². The predicted molar refractivity (Wildman–Crippen MR) is 127 cm³/mol. The lowest BCUT2D eigenvalue weighted by molar-refractivity contribution is 0.0515. The first-order valence-electron chi connectivity index (χ1n) is 12.5. The van der Waals surface area contributed by atoms with Crippen molar-refractivity contribution in [3.05, 3.63) is 35.8 Å². The highest BCUT2D eigenvalue weighted by Gasteiger charge is 2.31. The van der Waals surface area contributed by atoms with Gasteiger partial charge in [0.15, 0.2) is 5.69 Å². The van der Waals surface area contributed by atoms with Crippen LogP contribution in [0, 0.1) is 0 Å². The molecular weight excluding hydrogens is 400 g/mol. The number of amides is 1. The zero-order valence-corrected chi connectivity index (χ0v) is 19.7. The van der Waals surface area contributed by atoms with Crippen molar-refractivity contribution < 1.29 is 4.79 Å². The molecule has 0 unspecified atom stereocenters. The average molecular weight is 439 g/mol. The second-order valence-electron chi connectivity index (χ2n) is 10.0. The van der Waals surface area contributed by atoms with Crippen molar-refractivity contribution in [3.8, 4) is 0 Å². The molecule has 1 atom stereocenters. The Labute approximate surface area is 192 Å². The molecule has 2 saturated heterocycles. The molecule has 7 heteroatoms. The van der Waals surface area contributed by atoms with E-state index in [9.17, 15) is 4.79 Å². The zero-order chi connectivity index (χ0) is 22.1. The largest absolute Gasteiger partial charge is 0.335 e. The van der Waals surface area contributed by atoms with E-state index < -0.39 is 0 Å². The van der Waals surface area contributed by atoms with E-state index in [1.807, 2.05) is 23.1 Å². The summed E-state index contributed by atoms with van der Waals surface area (Å²) in [7, 11) is 2.19. The summed E-state index contributed by atoms with van der Waals surface area (Å²) in [6.45, 7) is 9.76. The minimum Gasteiger partial charge on any atom is -0.335 e. The summed E-state index contributed by atoms with van der Waals surface area (Å²) in [5.74, 6) is 0.106. The van der Waals surface area contributed by atoms with Gasteiger partial charge in [-0.3, -0.25) is 14.6 Å². The fourth-order valence-electron chi connectivity index (χ4n) is 5.73. The molecule has 1 aliphatic carbocycles. The molecule has 0 radical (unpaired) electrons. The molecule has 4 heterocycles. The number of imidazole rings is 1. The lowest BCUT2D eigenvalue weighted by Gasteiger charge is -2.40. The molecule has 3 aliphatic rings. The van der Waals surface area contributed by atoms with E-state index in [1.54, 1.807) is 0 Å². The molecule has 5 rings (SSSR count). The third-order valence-corrected chi connectivity index (χ3v) is 7.94. The van der Waals surface area contributed by atoms with E-state index in [2.05, 4.69) is 39.3 Å². The maximum absolute atomic E-state index is 13.6. The monoisotopic (exact) mass is 438 g/mol. The van der Waals surface area contributed by atoms with E-state index in [0.717, 1.165) is 69.7 Å². The molecule has 0 aromatic carbocycles. The summed E-state index contributed by atoms with van der Waals surface area (Å²) in [6, 6.07) is 7.29. The zero-order valence-electron chi connectivity index (χ0n) is 19.7. The van der Waals surface area contributed by atoms with Crippen molar-refractivity contribution in [2.75, 3.05) is 52.9 Å². The van der Waals surface area contributed by atoms with Crippen LogP contribution in [-0.4, -0.2) is 99.8 Å². The Morgan fingerprint density at radius 3 is 2.56 bits per heavy atom. The minimum atomic E-state index is 0.106. The lowest BCUT2D eigenvalue weighted by atomic mass is 9.94. The first-order chi connectivity index (χ1) is 15.6. The van der Waals surface area contributed by atoms with Gasteiger partial charge in [-0.25, -0.2) is 4.98 Å². The second-order valence-corrected chi connectivity index (χ2v) is 10.0. The number of aromatic nitrogens is 2. The third-order valence-electron chi connectivity index (χ3n) is 7.94. The van der Waals surface area contributed by atoms with Crippen molar-refractivity contribution in [2.24, 2.45) is 0 Å². The first-order valence-corrected chi connectivity index (χ1v) is 12.5. The Hall–Kier alpha value is -1.96. The number of hydrogen-bond acceptors (Lipinski definition) is 5. The van der Waals surface area contributed by atoms with Crippen molar-refractivity contribution >= 4 is 11.6 Å². The fourth-order valence-corrected chi connectivity index (χ4v) is 5.73. The maximum atomic E-state index is 13.6. The standard InChI is InChI=1S/C25H38N6O/c1-20-18-28(13-12-27(20)2)19-22-24(26-23-10-6-7-11-31(22)23)25(32)30-16-14-29(15-17-30)21-8-4-3-5-9-21/h6-7,10-11,20-21H,3-5,8-9,12-19H2,1-2H3/t20-/m1/s1. The Balaban J connectivity index is 1.32. The van der Waals surface area contributed by atoms with Crippen molar-refractivity contribution in [1.82, 2.24) is 29.0 Å². The molecule has 32 heavy (non-hydrogen) atoms. The predicted octanol–water partition coefficient (Wildman–Crippen LogP) is 2.56. The Bertz CT molecular complexity index is 928. The lowest BCUT2D eigenvalue weighted by Crippen LogP contribution is -2.52. The van der Waals surface area contributed by atoms with Crippen LogP contribution >= 0.6 is 0 Å². The highest BCUT2D eigenvalue weighted by Crippen LogP contribution is 2.24. The summed E-state index contributed by atoms with van der Waals surface area (Å²) in [6.07, 6.45) is 8.81. The van der Waals surface area contributed by atoms with Crippen molar-refractivity contribution in [1.29, 1.82) is 0 Å². The number of likely N-dealkylation sites (N-methyl/N-ethyl adjacent to an activating group) is 1. The van der Waals surface area contributed by atoms with Crippen LogP contribution in [0.2, 0.25) is 0 Å². The summed E-state index contributed by atoms with van der Waals surface area (Å²) >= 11 is 0. The molecule has 2 aromatic rings. The van der Waals surface area contributed by atoms with Gasteiger partial charge in [0.2, 0.25) is 0 Å². The molecular formula is C25H38N6O. The van der Waals surface area contributed by atoms with Crippen molar-refractivity contribution in [2.45, 2.75) is 57.7 Å². The number of nitrogens with zero attached hydrogens (tertiary/aromatic N) is 6. The van der Waals surface area contributed by atoms with Crippen LogP contribution in [0.1, 0.15) is 55.2 Å². The van der Waals surface area contributed by atoms with Gasteiger partial charge in [-0.15, -0.1) is 0 Å². The van der Waals surface area contributed by atoms with E-state index in [0.29, 0.717) is 11.7 Å². The summed E-state index contributed by atoms with van der Waals surface area (Å²) in [5.41, 5.74) is 2.56. The molecule has 2 aromatic heterocycles. The molecule has 0 spiro atoms. The SMILES string of the molecule is C[C@@H]1CN(Cc2c(C(=O)N3CCN(C4CCCCC4)CC3)nc3ccccn23)CCN1C. The number of carbonyl (C=O) groups excluding carboxylic acids is 1. The van der Waals surface area contributed by atoms with Crippen LogP contribution in [0.15, 0.2) is 24.4 Å². The van der Waals surface area contributed by atoms with Gasteiger partial charge in [-0.2, -0.15) is 0 Å². The average Bonchev–Trinajstić information content (AvgIpc) is 3.20.